The number of likely N-dealkylation sites (tertiary alicyclic amines) is 1. The number of benzene rings is 2. The molecule has 44 heavy (non-hydrogen) atoms. The molecule has 0 unspecified atom stereocenters. The number of fused-ring (bicyclic) bond motifs is 3. The maximum Gasteiger partial charge on any atom is 0.341 e. The molecule has 1 aromatic heterocycles. The van der Waals surface area contributed by atoms with Gasteiger partial charge >= 0.3 is 5.97 Å². The highest BCUT2D eigenvalue weighted by Crippen LogP contribution is 2.46. The van der Waals surface area contributed by atoms with Crippen LogP contribution in [-0.4, -0.2) is 78.2 Å². The van der Waals surface area contributed by atoms with Crippen molar-refractivity contribution in [2.45, 2.75) is 44.7 Å². The fourth-order valence-corrected chi connectivity index (χ4v) is 7.16. The number of anilines is 2. The van der Waals surface area contributed by atoms with E-state index < -0.39 is 17.2 Å². The van der Waals surface area contributed by atoms with Crippen molar-refractivity contribution in [1.29, 1.82) is 0 Å². The zero-order chi connectivity index (χ0) is 30.7. The van der Waals surface area contributed by atoms with Crippen LogP contribution in [0.4, 0.5) is 15.8 Å². The second-order valence-corrected chi connectivity index (χ2v) is 11.9. The van der Waals surface area contributed by atoms with Gasteiger partial charge in [-0.1, -0.05) is 23.4 Å². The number of ether oxygens (including phenoxy) is 1. The number of oxime groups is 1. The summed E-state index contributed by atoms with van der Waals surface area (Å²) in [6, 6.07) is 8.80. The number of methoxy groups -OCH3 is 1. The minimum Gasteiger partial charge on any atom is -0.492 e. The molecule has 1 N–H and O–H groups in total. The van der Waals surface area contributed by atoms with Crippen molar-refractivity contribution in [3.63, 3.8) is 0 Å². The first-order valence-electron chi connectivity index (χ1n) is 15.1. The number of carboxylic acids is 1. The van der Waals surface area contributed by atoms with Gasteiger partial charge in [-0.3, -0.25) is 19.4 Å². The summed E-state index contributed by atoms with van der Waals surface area (Å²) in [5, 5.41) is 13.8. The first-order valence-corrected chi connectivity index (χ1v) is 15.1. The number of halogens is 1. The van der Waals surface area contributed by atoms with Gasteiger partial charge in [0.25, 0.3) is 5.91 Å². The molecule has 1 amide bonds. The first kappa shape index (κ1) is 28.3. The number of carboxylic acid groups (broad SMARTS) is 1. The predicted octanol–water partition coefficient (Wildman–Crippen LogP) is 3.83. The monoisotopic (exact) mass is 603 g/mol. The number of hydrogen-bond donors (Lipinski definition) is 1. The van der Waals surface area contributed by atoms with Crippen LogP contribution in [0.3, 0.4) is 0 Å². The lowest BCUT2D eigenvalue weighted by molar-refractivity contribution is -0.113. The minimum absolute atomic E-state index is 0.00359. The summed E-state index contributed by atoms with van der Waals surface area (Å²) in [5.41, 5.74) is 1.41. The van der Waals surface area contributed by atoms with E-state index in [4.69, 9.17) is 9.57 Å². The summed E-state index contributed by atoms with van der Waals surface area (Å²) in [7, 11) is 1.46. The van der Waals surface area contributed by atoms with Crippen LogP contribution in [0.15, 0.2) is 46.5 Å². The summed E-state index contributed by atoms with van der Waals surface area (Å²) < 4.78 is 23.6. The Hall–Kier alpha value is -4.45. The van der Waals surface area contributed by atoms with Crippen molar-refractivity contribution in [2.75, 3.05) is 49.8 Å². The van der Waals surface area contributed by atoms with E-state index in [0.717, 1.165) is 43.5 Å². The Balaban J connectivity index is 1.23. The molecule has 12 heteroatoms. The molecular formula is C32H34FN5O6. The van der Waals surface area contributed by atoms with Crippen molar-refractivity contribution in [3.8, 4) is 5.75 Å². The van der Waals surface area contributed by atoms with Crippen molar-refractivity contribution >= 4 is 39.9 Å². The van der Waals surface area contributed by atoms with Gasteiger partial charge in [0.2, 0.25) is 5.43 Å². The molecule has 3 fully saturated rings. The van der Waals surface area contributed by atoms with Crippen molar-refractivity contribution < 1.29 is 28.7 Å². The summed E-state index contributed by atoms with van der Waals surface area (Å²) in [6.45, 7) is 4.42. The number of piperidine rings is 1. The fraction of sp³-hybridized carbons (Fsp3) is 0.438. The molecule has 11 nitrogen and oxygen atoms in total. The number of carbonyl (C=O) groups excluding carboxylic acids is 1. The largest absolute Gasteiger partial charge is 0.492 e. The van der Waals surface area contributed by atoms with Gasteiger partial charge in [0.05, 0.1) is 30.4 Å². The van der Waals surface area contributed by atoms with E-state index in [-0.39, 0.29) is 46.3 Å². The topological polar surface area (TPSA) is 117 Å². The van der Waals surface area contributed by atoms with Gasteiger partial charge in [0, 0.05) is 43.5 Å². The number of pyridine rings is 1. The fourth-order valence-electron chi connectivity index (χ4n) is 7.16. The van der Waals surface area contributed by atoms with Crippen LogP contribution in [0.25, 0.3) is 10.9 Å². The molecule has 0 radical (unpaired) electrons. The van der Waals surface area contributed by atoms with Crippen LogP contribution >= 0.6 is 0 Å². The highest BCUT2D eigenvalue weighted by atomic mass is 19.1. The Morgan fingerprint density at radius 3 is 2.68 bits per heavy atom. The molecular weight excluding hydrogens is 569 g/mol. The minimum atomic E-state index is -1.34. The molecule has 0 bridgehead atoms. The lowest BCUT2D eigenvalue weighted by Gasteiger charge is -2.38. The molecule has 3 aliphatic heterocycles. The van der Waals surface area contributed by atoms with E-state index in [1.807, 2.05) is 36.1 Å². The summed E-state index contributed by atoms with van der Waals surface area (Å²) in [4.78, 5) is 49.8. The predicted molar refractivity (Wildman–Crippen MR) is 162 cm³/mol. The van der Waals surface area contributed by atoms with Crippen molar-refractivity contribution in [3.05, 3.63) is 63.7 Å². The Bertz CT molecular complexity index is 1770. The second-order valence-electron chi connectivity index (χ2n) is 11.9. The number of aromatic nitrogens is 1. The number of amides is 1. The highest BCUT2D eigenvalue weighted by molar-refractivity contribution is 6.54. The number of hydrogen-bond acceptors (Lipinski definition) is 8. The highest BCUT2D eigenvalue weighted by Gasteiger charge is 2.44. The molecule has 0 spiro atoms. The quantitative estimate of drug-likeness (QED) is 0.387. The number of para-hydroxylation sites is 1. The Morgan fingerprint density at radius 2 is 1.95 bits per heavy atom. The zero-order valence-corrected chi connectivity index (χ0v) is 24.7. The number of carbonyl (C=O) groups is 2. The van der Waals surface area contributed by atoms with Crippen LogP contribution in [-0.2, 0) is 9.63 Å². The molecule has 4 aliphatic rings. The van der Waals surface area contributed by atoms with Gasteiger partial charge < -0.3 is 24.1 Å². The zero-order valence-electron chi connectivity index (χ0n) is 24.7. The average molecular weight is 604 g/mol. The normalized spacial score (nSPS) is 22.5. The van der Waals surface area contributed by atoms with Crippen molar-refractivity contribution in [2.24, 2.45) is 11.1 Å². The molecule has 1 aliphatic carbocycles. The van der Waals surface area contributed by atoms with E-state index >= 15 is 4.39 Å². The third kappa shape index (κ3) is 4.50. The Labute approximate surface area is 253 Å². The molecule has 2 saturated heterocycles. The Kier molecular flexibility index (Phi) is 7.03. The second kappa shape index (κ2) is 10.9. The number of aromatic carboxylic acids is 1. The maximum atomic E-state index is 16.0. The first-order chi connectivity index (χ1) is 21.3. The molecule has 7 rings (SSSR count). The molecule has 2 atom stereocenters. The number of nitrogens with zero attached hydrogens (tertiary/aromatic N) is 5. The lowest BCUT2D eigenvalue weighted by Crippen LogP contribution is -2.51. The summed E-state index contributed by atoms with van der Waals surface area (Å²) in [5.74, 6) is -1.70. The summed E-state index contributed by atoms with van der Waals surface area (Å²) in [6.07, 6.45) is 4.95. The standard InChI is InChI=1S/C32H34FN5O6/c1-3-44-34-26-20-8-4-5-9-24(20)38(31(26)40)17-35-12-6-7-18-14-36(16-25(18)35)28-23(33)13-21-27(30(28)43-2)37(19-10-11-19)15-22(29(21)39)32(41)42/h4-5,8-9,13,15,18-19,25H,3,6-7,10-12,14,16-17H2,1-2H3,(H,41,42)/b34-26-/t18-,25+/m0/s1. The average Bonchev–Trinajstić information content (AvgIpc) is 3.71. The molecule has 1 saturated carbocycles. The van der Waals surface area contributed by atoms with Gasteiger partial charge in [0.1, 0.15) is 17.9 Å². The van der Waals surface area contributed by atoms with E-state index in [0.29, 0.717) is 37.6 Å². The van der Waals surface area contributed by atoms with Crippen LogP contribution in [0, 0.1) is 11.7 Å². The summed E-state index contributed by atoms with van der Waals surface area (Å²) >= 11 is 0. The van der Waals surface area contributed by atoms with Crippen LogP contribution in [0.5, 0.6) is 5.75 Å². The Morgan fingerprint density at radius 1 is 1.16 bits per heavy atom. The SMILES string of the molecule is CCO/N=C1\C(=O)N(CN2CCC[C@H]3CN(c4c(F)cc5c(=O)c(C(=O)O)cn(C6CC6)c5c4OC)C[C@H]32)c2ccccc21. The van der Waals surface area contributed by atoms with Gasteiger partial charge in [-0.25, -0.2) is 9.18 Å². The lowest BCUT2D eigenvalue weighted by atomic mass is 9.92. The van der Waals surface area contributed by atoms with Gasteiger partial charge in [-0.05, 0) is 50.7 Å². The maximum absolute atomic E-state index is 16.0. The third-order valence-electron chi connectivity index (χ3n) is 9.29. The van der Waals surface area contributed by atoms with Crippen molar-refractivity contribution in [1.82, 2.24) is 9.47 Å². The molecule has 2 aromatic carbocycles. The smallest absolute Gasteiger partial charge is 0.341 e. The molecule has 4 heterocycles. The van der Waals surface area contributed by atoms with Gasteiger partial charge in [0.15, 0.2) is 17.3 Å². The van der Waals surface area contributed by atoms with Gasteiger partial charge in [-0.15, -0.1) is 0 Å². The number of rotatable bonds is 8. The van der Waals surface area contributed by atoms with Crippen LogP contribution < -0.4 is 20.0 Å². The van der Waals surface area contributed by atoms with Crippen LogP contribution in [0.2, 0.25) is 0 Å². The third-order valence-corrected chi connectivity index (χ3v) is 9.29. The van der Waals surface area contributed by atoms with Gasteiger partial charge in [-0.2, -0.15) is 0 Å². The van der Waals surface area contributed by atoms with E-state index in [1.165, 1.54) is 19.4 Å². The van der Waals surface area contributed by atoms with E-state index in [2.05, 4.69) is 10.1 Å². The van der Waals surface area contributed by atoms with E-state index in [1.54, 1.807) is 9.47 Å². The van der Waals surface area contributed by atoms with E-state index in [9.17, 15) is 19.5 Å². The van der Waals surface area contributed by atoms with Crippen LogP contribution in [0.1, 0.15) is 54.6 Å². The molecule has 3 aromatic rings. The molecule has 230 valence electrons.